The summed E-state index contributed by atoms with van der Waals surface area (Å²) in [5, 5.41) is 8.72. The summed E-state index contributed by atoms with van der Waals surface area (Å²) >= 11 is 3.41. The molecule has 2 aliphatic rings. The molecule has 5 heteroatoms. The molecule has 96 valence electrons. The van der Waals surface area contributed by atoms with Crippen LogP contribution >= 0.6 is 15.9 Å². The van der Waals surface area contributed by atoms with Crippen molar-refractivity contribution in [2.24, 2.45) is 11.8 Å². The summed E-state index contributed by atoms with van der Waals surface area (Å²) in [5.74, 6) is -0.619. The van der Waals surface area contributed by atoms with Crippen molar-refractivity contribution in [2.45, 2.75) is 42.8 Å². The van der Waals surface area contributed by atoms with E-state index in [1.165, 1.54) is 0 Å². The maximum atomic E-state index is 11.6. The minimum absolute atomic E-state index is 0.155. The number of ether oxygens (including phenoxy) is 1. The zero-order valence-electron chi connectivity index (χ0n) is 9.65. The fourth-order valence-corrected chi connectivity index (χ4v) is 2.99. The van der Waals surface area contributed by atoms with Crippen LogP contribution in [0.4, 0.5) is 0 Å². The number of carbonyl (C=O) groups is 2. The minimum atomic E-state index is -0.702. The van der Waals surface area contributed by atoms with Crippen LogP contribution in [0.1, 0.15) is 38.5 Å². The van der Waals surface area contributed by atoms with Crippen molar-refractivity contribution in [3.8, 4) is 0 Å². The van der Waals surface area contributed by atoms with Gasteiger partial charge in [0.1, 0.15) is 4.32 Å². The van der Waals surface area contributed by atoms with Crippen LogP contribution in [0.25, 0.3) is 0 Å². The second-order valence-electron chi connectivity index (χ2n) is 5.12. The van der Waals surface area contributed by atoms with Crippen LogP contribution in [0.2, 0.25) is 0 Å². The maximum Gasteiger partial charge on any atom is 0.322 e. The first-order valence-electron chi connectivity index (χ1n) is 6.10. The standard InChI is InChI=1S/C12H17BrO4/c13-12(3-1-4-12)11(16)17-5-2-8-6-9(7-8)10(14)15/h8-9H,1-7H2,(H,14,15). The number of carboxylic acid groups (broad SMARTS) is 1. The largest absolute Gasteiger partial charge is 0.481 e. The maximum absolute atomic E-state index is 11.6. The molecular weight excluding hydrogens is 288 g/mol. The lowest BCUT2D eigenvalue weighted by Gasteiger charge is -2.34. The first-order valence-corrected chi connectivity index (χ1v) is 6.89. The summed E-state index contributed by atoms with van der Waals surface area (Å²) < 4.78 is 4.80. The van der Waals surface area contributed by atoms with Gasteiger partial charge in [0.2, 0.25) is 0 Å². The summed E-state index contributed by atoms with van der Waals surface area (Å²) in [6, 6.07) is 0. The number of alkyl halides is 1. The van der Waals surface area contributed by atoms with E-state index in [4.69, 9.17) is 9.84 Å². The molecule has 0 radical (unpaired) electrons. The van der Waals surface area contributed by atoms with Gasteiger partial charge >= 0.3 is 11.9 Å². The lowest BCUT2D eigenvalue weighted by atomic mass is 9.73. The first-order chi connectivity index (χ1) is 8.01. The fourth-order valence-electron chi connectivity index (χ4n) is 2.31. The first kappa shape index (κ1) is 12.9. The molecule has 17 heavy (non-hydrogen) atoms. The predicted octanol–water partition coefficient (Wildman–Crippen LogP) is 2.35. The van der Waals surface area contributed by atoms with E-state index in [-0.39, 0.29) is 11.9 Å². The van der Waals surface area contributed by atoms with Gasteiger partial charge in [-0.1, -0.05) is 15.9 Å². The van der Waals surface area contributed by atoms with Crippen LogP contribution in [0.3, 0.4) is 0 Å². The smallest absolute Gasteiger partial charge is 0.322 e. The Labute approximate surface area is 109 Å². The number of carboxylic acids is 1. The van der Waals surface area contributed by atoms with E-state index in [9.17, 15) is 9.59 Å². The zero-order chi connectivity index (χ0) is 12.5. The molecule has 0 aromatic rings. The van der Waals surface area contributed by atoms with Crippen molar-refractivity contribution >= 4 is 27.9 Å². The molecule has 2 aliphatic carbocycles. The van der Waals surface area contributed by atoms with E-state index in [0.717, 1.165) is 38.5 Å². The average molecular weight is 305 g/mol. The number of hydrogen-bond donors (Lipinski definition) is 1. The molecule has 2 fully saturated rings. The molecule has 1 N–H and O–H groups in total. The van der Waals surface area contributed by atoms with Gasteiger partial charge < -0.3 is 9.84 Å². The van der Waals surface area contributed by atoms with Crippen molar-refractivity contribution in [2.75, 3.05) is 6.61 Å². The van der Waals surface area contributed by atoms with E-state index in [0.29, 0.717) is 12.5 Å². The number of hydrogen-bond acceptors (Lipinski definition) is 3. The van der Waals surface area contributed by atoms with E-state index < -0.39 is 10.3 Å². The van der Waals surface area contributed by atoms with Gasteiger partial charge in [0.15, 0.2) is 0 Å². The fraction of sp³-hybridized carbons (Fsp3) is 0.833. The van der Waals surface area contributed by atoms with Crippen molar-refractivity contribution in [3.05, 3.63) is 0 Å². The van der Waals surface area contributed by atoms with Gasteiger partial charge in [0, 0.05) is 0 Å². The van der Waals surface area contributed by atoms with E-state index in [2.05, 4.69) is 15.9 Å². The van der Waals surface area contributed by atoms with Gasteiger partial charge in [-0.2, -0.15) is 0 Å². The van der Waals surface area contributed by atoms with Crippen LogP contribution in [-0.2, 0) is 14.3 Å². The number of carbonyl (C=O) groups excluding carboxylic acids is 1. The molecule has 0 aromatic heterocycles. The third-order valence-electron chi connectivity index (χ3n) is 3.86. The zero-order valence-corrected chi connectivity index (χ0v) is 11.2. The lowest BCUT2D eigenvalue weighted by Crippen LogP contribution is -2.40. The number of rotatable bonds is 5. The van der Waals surface area contributed by atoms with Gasteiger partial charge in [-0.25, -0.2) is 0 Å². The second-order valence-corrected chi connectivity index (χ2v) is 6.63. The molecule has 0 atom stereocenters. The Bertz CT molecular complexity index is 318. The molecule has 0 bridgehead atoms. The van der Waals surface area contributed by atoms with Gasteiger partial charge in [0.25, 0.3) is 0 Å². The highest BCUT2D eigenvalue weighted by Crippen LogP contribution is 2.41. The molecule has 0 saturated heterocycles. The van der Waals surface area contributed by atoms with Crippen LogP contribution in [0, 0.1) is 11.8 Å². The molecule has 0 unspecified atom stereocenters. The Kier molecular flexibility index (Phi) is 3.76. The Balaban J connectivity index is 1.58. The summed E-state index contributed by atoms with van der Waals surface area (Å²) in [4.78, 5) is 22.2. The quantitative estimate of drug-likeness (QED) is 0.625. The highest BCUT2D eigenvalue weighted by molar-refractivity contribution is 9.10. The molecule has 2 rings (SSSR count). The lowest BCUT2D eigenvalue weighted by molar-refractivity contribution is -0.151. The second kappa shape index (κ2) is 4.96. The summed E-state index contributed by atoms with van der Waals surface area (Å²) in [7, 11) is 0. The number of esters is 1. The molecular formula is C12H17BrO4. The SMILES string of the molecule is O=C(O)C1CC(CCOC(=O)C2(Br)CCC2)C1. The molecule has 0 amide bonds. The highest BCUT2D eigenvalue weighted by Gasteiger charge is 2.43. The normalized spacial score (nSPS) is 29.9. The molecule has 0 heterocycles. The Morgan fingerprint density at radius 3 is 2.47 bits per heavy atom. The van der Waals surface area contributed by atoms with E-state index in [1.807, 2.05) is 0 Å². The summed E-state index contributed by atoms with van der Waals surface area (Å²) in [6.45, 7) is 0.420. The van der Waals surface area contributed by atoms with Crippen molar-refractivity contribution < 1.29 is 19.4 Å². The van der Waals surface area contributed by atoms with E-state index in [1.54, 1.807) is 0 Å². The highest BCUT2D eigenvalue weighted by atomic mass is 79.9. The summed E-state index contributed by atoms with van der Waals surface area (Å²) in [5.41, 5.74) is 0. The van der Waals surface area contributed by atoms with Crippen LogP contribution in [-0.4, -0.2) is 28.0 Å². The molecule has 4 nitrogen and oxygen atoms in total. The minimum Gasteiger partial charge on any atom is -0.481 e. The van der Waals surface area contributed by atoms with Crippen LogP contribution in [0.5, 0.6) is 0 Å². The number of aliphatic carboxylic acids is 1. The molecule has 0 aliphatic heterocycles. The molecule has 0 spiro atoms. The predicted molar refractivity (Wildman–Crippen MR) is 64.9 cm³/mol. The van der Waals surface area contributed by atoms with Gasteiger partial charge in [-0.05, 0) is 44.4 Å². The molecule has 2 saturated carbocycles. The average Bonchev–Trinajstić information content (AvgIpc) is 2.16. The summed E-state index contributed by atoms with van der Waals surface area (Å²) in [6.07, 6.45) is 5.03. The van der Waals surface area contributed by atoms with Gasteiger partial charge in [0.05, 0.1) is 12.5 Å². The Hall–Kier alpha value is -0.580. The van der Waals surface area contributed by atoms with Crippen molar-refractivity contribution in [1.82, 2.24) is 0 Å². The Morgan fingerprint density at radius 1 is 1.35 bits per heavy atom. The number of halogens is 1. The third kappa shape index (κ3) is 2.81. The van der Waals surface area contributed by atoms with Gasteiger partial charge in [-0.15, -0.1) is 0 Å². The van der Waals surface area contributed by atoms with E-state index >= 15 is 0 Å². The monoisotopic (exact) mass is 304 g/mol. The van der Waals surface area contributed by atoms with Crippen molar-refractivity contribution in [3.63, 3.8) is 0 Å². The van der Waals surface area contributed by atoms with Gasteiger partial charge in [-0.3, -0.25) is 9.59 Å². The third-order valence-corrected chi connectivity index (χ3v) is 4.97. The Morgan fingerprint density at radius 2 is 2.00 bits per heavy atom. The topological polar surface area (TPSA) is 63.6 Å². The van der Waals surface area contributed by atoms with Crippen LogP contribution < -0.4 is 0 Å². The molecule has 0 aromatic carbocycles. The van der Waals surface area contributed by atoms with Crippen molar-refractivity contribution in [1.29, 1.82) is 0 Å². The van der Waals surface area contributed by atoms with Crippen LogP contribution in [0.15, 0.2) is 0 Å².